The molecule has 3 rings (SSSR count). The van der Waals surface area contributed by atoms with Crippen molar-refractivity contribution in [2.24, 2.45) is 4.40 Å². The van der Waals surface area contributed by atoms with E-state index in [2.05, 4.69) is 4.40 Å². The number of carbonyl (C=O) groups is 1. The van der Waals surface area contributed by atoms with Crippen LogP contribution in [0.25, 0.3) is 0 Å². The lowest BCUT2D eigenvalue weighted by Gasteiger charge is -2.15. The first kappa shape index (κ1) is 17.5. The number of sulfonamides is 1. The zero-order chi connectivity index (χ0) is 17.3. The van der Waals surface area contributed by atoms with E-state index in [1.54, 1.807) is 24.3 Å². The fourth-order valence-electron chi connectivity index (χ4n) is 2.19. The molecule has 1 saturated heterocycles. The number of carbonyl (C=O) groups excluding carboxylic acids is 1. The van der Waals surface area contributed by atoms with Crippen LogP contribution < -0.4 is 4.90 Å². The molecule has 1 aromatic carbocycles. The number of anilines is 1. The third-order valence-electron chi connectivity index (χ3n) is 3.32. The molecule has 1 atom stereocenters. The highest BCUT2D eigenvalue weighted by Crippen LogP contribution is 2.35. The molecule has 0 radical (unpaired) electrons. The van der Waals surface area contributed by atoms with E-state index >= 15 is 0 Å². The Hall–Kier alpha value is -1.35. The molecule has 1 amide bonds. The highest BCUT2D eigenvalue weighted by molar-refractivity contribution is 8.16. The van der Waals surface area contributed by atoms with Crippen molar-refractivity contribution in [1.82, 2.24) is 0 Å². The van der Waals surface area contributed by atoms with Gasteiger partial charge in [0.25, 0.3) is 10.0 Å². The molecule has 24 heavy (non-hydrogen) atoms. The second kappa shape index (κ2) is 6.87. The lowest BCUT2D eigenvalue weighted by atomic mass is 10.2. The summed E-state index contributed by atoms with van der Waals surface area (Å²) in [6, 6.07) is 11.8. The molecule has 1 fully saturated rings. The van der Waals surface area contributed by atoms with Gasteiger partial charge in [0.15, 0.2) is 5.17 Å². The fourth-order valence-corrected chi connectivity index (χ4v) is 5.92. The van der Waals surface area contributed by atoms with E-state index in [9.17, 15) is 13.2 Å². The standard InChI is InChI=1S/C15H13ClN2O3S3/c1-2-11-14(19)18(10-6-4-3-5-7-10)15(22-11)17-24(20,21)13-9-8-12(16)23-13/h3-9,11H,2H2,1H3/b17-15+. The molecule has 1 unspecified atom stereocenters. The van der Waals surface area contributed by atoms with Gasteiger partial charge in [0, 0.05) is 0 Å². The number of thiophene rings is 1. The van der Waals surface area contributed by atoms with E-state index in [1.807, 2.05) is 13.0 Å². The molecular formula is C15H13ClN2O3S3. The summed E-state index contributed by atoms with van der Waals surface area (Å²) in [6.45, 7) is 1.88. The number of hydrogen-bond donors (Lipinski definition) is 0. The molecule has 9 heteroatoms. The molecule has 1 aliphatic heterocycles. The lowest BCUT2D eigenvalue weighted by Crippen LogP contribution is -2.32. The summed E-state index contributed by atoms with van der Waals surface area (Å²) in [5, 5.41) is -0.173. The third-order valence-corrected chi connectivity index (χ3v) is 7.71. The van der Waals surface area contributed by atoms with Gasteiger partial charge in [-0.2, -0.15) is 8.42 Å². The van der Waals surface area contributed by atoms with Gasteiger partial charge in [-0.25, -0.2) is 0 Å². The quantitative estimate of drug-likeness (QED) is 0.777. The van der Waals surface area contributed by atoms with Crippen LogP contribution in [0.2, 0.25) is 4.34 Å². The summed E-state index contributed by atoms with van der Waals surface area (Å²) in [7, 11) is -3.91. The summed E-state index contributed by atoms with van der Waals surface area (Å²) in [5.41, 5.74) is 0.601. The van der Waals surface area contributed by atoms with Gasteiger partial charge in [-0.05, 0) is 30.7 Å². The first-order valence-corrected chi connectivity index (χ1v) is 10.6. The van der Waals surface area contributed by atoms with Crippen molar-refractivity contribution >= 4 is 61.5 Å². The van der Waals surface area contributed by atoms with Crippen molar-refractivity contribution in [2.75, 3.05) is 4.90 Å². The Balaban J connectivity index is 2.05. The van der Waals surface area contributed by atoms with Crippen LogP contribution in [0.4, 0.5) is 5.69 Å². The number of thioether (sulfide) groups is 1. The number of rotatable bonds is 4. The Labute approximate surface area is 153 Å². The fraction of sp³-hybridized carbons (Fsp3) is 0.200. The summed E-state index contributed by atoms with van der Waals surface area (Å²) in [6.07, 6.45) is 0.594. The molecule has 1 aliphatic rings. The van der Waals surface area contributed by atoms with Crippen molar-refractivity contribution in [3.05, 3.63) is 46.8 Å². The van der Waals surface area contributed by atoms with Crippen LogP contribution in [0.1, 0.15) is 13.3 Å². The van der Waals surface area contributed by atoms with Crippen LogP contribution in [0.15, 0.2) is 51.1 Å². The maximum absolute atomic E-state index is 12.6. The van der Waals surface area contributed by atoms with Crippen LogP contribution in [0, 0.1) is 0 Å². The Morgan fingerprint density at radius 2 is 1.92 bits per heavy atom. The van der Waals surface area contributed by atoms with Crippen LogP contribution in [-0.2, 0) is 14.8 Å². The summed E-state index contributed by atoms with van der Waals surface area (Å²) in [4.78, 5) is 14.0. The van der Waals surface area contributed by atoms with Gasteiger partial charge < -0.3 is 0 Å². The minimum atomic E-state index is -3.91. The third kappa shape index (κ3) is 3.37. The average Bonchev–Trinajstić information content (AvgIpc) is 3.12. The Morgan fingerprint density at radius 1 is 1.21 bits per heavy atom. The number of hydrogen-bond acceptors (Lipinski definition) is 5. The van der Waals surface area contributed by atoms with E-state index in [0.29, 0.717) is 16.4 Å². The molecule has 0 aliphatic carbocycles. The predicted molar refractivity (Wildman–Crippen MR) is 99.5 cm³/mol. The largest absolute Gasteiger partial charge is 0.294 e. The van der Waals surface area contributed by atoms with Crippen molar-refractivity contribution in [3.8, 4) is 0 Å². The second-order valence-corrected chi connectivity index (χ2v) is 9.65. The molecule has 0 spiro atoms. The number of halogens is 1. The van der Waals surface area contributed by atoms with Crippen LogP contribution in [0.3, 0.4) is 0 Å². The van der Waals surface area contributed by atoms with Crippen molar-refractivity contribution < 1.29 is 13.2 Å². The van der Waals surface area contributed by atoms with Crippen molar-refractivity contribution in [1.29, 1.82) is 0 Å². The highest BCUT2D eigenvalue weighted by atomic mass is 35.5. The monoisotopic (exact) mass is 400 g/mol. The molecule has 2 heterocycles. The van der Waals surface area contributed by atoms with Gasteiger partial charge in [-0.15, -0.1) is 15.7 Å². The molecule has 5 nitrogen and oxygen atoms in total. The van der Waals surface area contributed by atoms with E-state index in [4.69, 9.17) is 11.6 Å². The molecular weight excluding hydrogens is 388 g/mol. The predicted octanol–water partition coefficient (Wildman–Crippen LogP) is 4.00. The van der Waals surface area contributed by atoms with Crippen LogP contribution in [0.5, 0.6) is 0 Å². The molecule has 0 N–H and O–H groups in total. The highest BCUT2D eigenvalue weighted by Gasteiger charge is 2.39. The second-order valence-electron chi connectivity index (χ2n) is 4.93. The van der Waals surface area contributed by atoms with Gasteiger partial charge in [-0.3, -0.25) is 9.69 Å². The van der Waals surface area contributed by atoms with E-state index < -0.39 is 10.0 Å². The number of amidine groups is 1. The number of para-hydroxylation sites is 1. The summed E-state index contributed by atoms with van der Waals surface area (Å²) < 4.78 is 29.3. The zero-order valence-electron chi connectivity index (χ0n) is 12.5. The van der Waals surface area contributed by atoms with E-state index in [1.165, 1.54) is 28.8 Å². The van der Waals surface area contributed by atoms with Crippen molar-refractivity contribution in [3.63, 3.8) is 0 Å². The van der Waals surface area contributed by atoms with E-state index in [-0.39, 0.29) is 20.5 Å². The molecule has 2 aromatic rings. The number of amides is 1. The Kier molecular flexibility index (Phi) is 5.00. The summed E-state index contributed by atoms with van der Waals surface area (Å²) in [5.74, 6) is -0.160. The maximum Gasteiger partial charge on any atom is 0.294 e. The summed E-state index contributed by atoms with van der Waals surface area (Å²) >= 11 is 7.92. The molecule has 1 aromatic heterocycles. The van der Waals surface area contributed by atoms with Crippen molar-refractivity contribution in [2.45, 2.75) is 22.8 Å². The molecule has 126 valence electrons. The Bertz CT molecular complexity index is 894. The minimum absolute atomic E-state index is 0.0565. The van der Waals surface area contributed by atoms with Gasteiger partial charge in [0.05, 0.1) is 15.3 Å². The first-order valence-electron chi connectivity index (χ1n) is 7.08. The number of benzene rings is 1. The normalized spacial score (nSPS) is 20.1. The molecule has 0 bridgehead atoms. The van der Waals surface area contributed by atoms with Gasteiger partial charge in [-0.1, -0.05) is 48.5 Å². The SMILES string of the molecule is CCC1S/C(=N/S(=O)(=O)c2ccc(Cl)s2)N(c2ccccc2)C1=O. The first-order chi connectivity index (χ1) is 11.4. The smallest absolute Gasteiger partial charge is 0.273 e. The minimum Gasteiger partial charge on any atom is -0.273 e. The van der Waals surface area contributed by atoms with Gasteiger partial charge in [0.1, 0.15) is 4.21 Å². The number of nitrogens with zero attached hydrogens (tertiary/aromatic N) is 2. The zero-order valence-corrected chi connectivity index (χ0v) is 15.8. The average molecular weight is 401 g/mol. The lowest BCUT2D eigenvalue weighted by molar-refractivity contribution is -0.116. The van der Waals surface area contributed by atoms with E-state index in [0.717, 1.165) is 11.3 Å². The Morgan fingerprint density at radius 3 is 2.50 bits per heavy atom. The molecule has 0 saturated carbocycles. The van der Waals surface area contributed by atoms with Gasteiger partial charge >= 0.3 is 0 Å². The van der Waals surface area contributed by atoms with Crippen LogP contribution >= 0.6 is 34.7 Å². The topological polar surface area (TPSA) is 66.8 Å². The van der Waals surface area contributed by atoms with Crippen LogP contribution in [-0.4, -0.2) is 24.7 Å². The maximum atomic E-state index is 12.6. The van der Waals surface area contributed by atoms with Gasteiger partial charge in [0.2, 0.25) is 5.91 Å².